The van der Waals surface area contributed by atoms with Gasteiger partial charge < -0.3 is 4.74 Å². The summed E-state index contributed by atoms with van der Waals surface area (Å²) in [7, 11) is -7.72. The molecule has 11 heteroatoms. The van der Waals surface area contributed by atoms with Gasteiger partial charge in [-0.2, -0.15) is 0 Å². The van der Waals surface area contributed by atoms with Crippen LogP contribution in [0.15, 0.2) is 41.3 Å². The monoisotopic (exact) mass is 400 g/mol. The molecule has 138 valence electrons. The zero-order chi connectivity index (χ0) is 19.1. The van der Waals surface area contributed by atoms with E-state index in [2.05, 4.69) is 4.72 Å². The van der Waals surface area contributed by atoms with Crippen molar-refractivity contribution in [3.05, 3.63) is 47.8 Å². The van der Waals surface area contributed by atoms with Crippen molar-refractivity contribution < 1.29 is 30.8 Å². The zero-order valence-electron chi connectivity index (χ0n) is 13.3. The fourth-order valence-corrected chi connectivity index (χ4v) is 4.38. The molecule has 3 rings (SSSR count). The summed E-state index contributed by atoms with van der Waals surface area (Å²) in [5.41, 5.74) is 0.244. The number of nitrogens with one attached hydrogen (secondary N) is 1. The summed E-state index contributed by atoms with van der Waals surface area (Å²) in [6.45, 7) is -0.212. The van der Waals surface area contributed by atoms with E-state index in [9.17, 15) is 26.0 Å². The van der Waals surface area contributed by atoms with Gasteiger partial charge in [0.05, 0.1) is 23.4 Å². The number of hydrogen-bond acceptors (Lipinski definition) is 6. The van der Waals surface area contributed by atoms with Gasteiger partial charge in [0.1, 0.15) is 11.6 Å². The van der Waals surface area contributed by atoms with Crippen LogP contribution < -0.4 is 9.46 Å². The third-order valence-corrected chi connectivity index (χ3v) is 5.89. The predicted octanol–water partition coefficient (Wildman–Crippen LogP) is 1.65. The molecule has 0 atom stereocenters. The van der Waals surface area contributed by atoms with Gasteiger partial charge in [-0.3, -0.25) is 9.52 Å². The molecule has 1 aliphatic heterocycles. The van der Waals surface area contributed by atoms with Crippen LogP contribution in [0.5, 0.6) is 11.5 Å². The molecule has 0 radical (unpaired) electrons. The lowest BCUT2D eigenvalue weighted by Gasteiger charge is -2.13. The van der Waals surface area contributed by atoms with Crippen molar-refractivity contribution in [3.8, 4) is 11.5 Å². The Morgan fingerprint density at radius 1 is 1.23 bits per heavy atom. The smallest absolute Gasteiger partial charge is 0.267 e. The summed E-state index contributed by atoms with van der Waals surface area (Å²) in [6.07, 6.45) is 1.11. The number of anilines is 1. The molecule has 2 aromatic carbocycles. The lowest BCUT2D eigenvalue weighted by atomic mass is 10.2. The number of carbonyl (C=O) groups excluding carboxylic acids is 1. The average Bonchev–Trinajstić information content (AvgIpc) is 2.78. The summed E-state index contributed by atoms with van der Waals surface area (Å²) < 4.78 is 69.2. The predicted molar refractivity (Wildman–Crippen MR) is 90.2 cm³/mol. The molecule has 0 saturated heterocycles. The Morgan fingerprint density at radius 3 is 2.46 bits per heavy atom. The van der Waals surface area contributed by atoms with Crippen LogP contribution in [0.4, 0.5) is 10.1 Å². The molecule has 0 aromatic heterocycles. The Kier molecular flexibility index (Phi) is 4.36. The van der Waals surface area contributed by atoms with Crippen LogP contribution in [0.2, 0.25) is 0 Å². The molecule has 0 bridgehead atoms. The van der Waals surface area contributed by atoms with Crippen LogP contribution in [0.3, 0.4) is 0 Å². The van der Waals surface area contributed by atoms with Gasteiger partial charge >= 0.3 is 0 Å². The van der Waals surface area contributed by atoms with E-state index in [1.807, 2.05) is 0 Å². The normalized spacial score (nSPS) is 15.4. The van der Waals surface area contributed by atoms with Gasteiger partial charge in [-0.05, 0) is 35.9 Å². The molecule has 0 saturated carbocycles. The van der Waals surface area contributed by atoms with Crippen molar-refractivity contribution in [1.82, 2.24) is 4.31 Å². The van der Waals surface area contributed by atoms with Gasteiger partial charge in [-0.15, -0.1) is 0 Å². The highest BCUT2D eigenvalue weighted by Gasteiger charge is 2.35. The molecule has 1 aliphatic rings. The quantitative estimate of drug-likeness (QED) is 0.765. The number of fused-ring (bicyclic) bond motifs is 1. The molecule has 8 nitrogen and oxygen atoms in total. The Hall–Kier alpha value is -2.66. The summed E-state index contributed by atoms with van der Waals surface area (Å²) in [5.74, 6) is -0.423. The highest BCUT2D eigenvalue weighted by Crippen LogP contribution is 2.39. The maximum atomic E-state index is 13.0. The second-order valence-electron chi connectivity index (χ2n) is 5.54. The Bertz CT molecular complexity index is 1080. The van der Waals surface area contributed by atoms with Crippen LogP contribution in [0.25, 0.3) is 0 Å². The lowest BCUT2D eigenvalue weighted by Crippen LogP contribution is -2.22. The summed E-state index contributed by atoms with van der Waals surface area (Å²) in [6, 6.07) is 7.30. The number of benzene rings is 2. The van der Waals surface area contributed by atoms with E-state index in [-0.39, 0.29) is 40.6 Å². The van der Waals surface area contributed by atoms with Crippen molar-refractivity contribution in [3.63, 3.8) is 0 Å². The third kappa shape index (κ3) is 3.48. The first kappa shape index (κ1) is 18.1. The van der Waals surface area contributed by atoms with E-state index in [1.165, 1.54) is 18.2 Å². The number of rotatable bonds is 5. The molecule has 0 fully saturated rings. The molecule has 1 heterocycles. The maximum Gasteiger partial charge on any atom is 0.267 e. The Labute approximate surface area is 149 Å². The van der Waals surface area contributed by atoms with E-state index in [0.29, 0.717) is 4.31 Å². The highest BCUT2D eigenvalue weighted by atomic mass is 32.2. The number of sulfonamides is 2. The minimum atomic E-state index is -4.03. The van der Waals surface area contributed by atoms with Gasteiger partial charge in [0.25, 0.3) is 10.0 Å². The topological polar surface area (TPSA) is 110 Å². The van der Waals surface area contributed by atoms with Crippen LogP contribution >= 0.6 is 0 Å². The number of nitrogens with zero attached hydrogens (tertiary/aromatic N) is 1. The minimum Gasteiger partial charge on any atom is -0.455 e. The van der Waals surface area contributed by atoms with E-state index in [4.69, 9.17) is 4.74 Å². The molecule has 0 aliphatic carbocycles. The molecule has 2 aromatic rings. The van der Waals surface area contributed by atoms with E-state index < -0.39 is 25.9 Å². The first-order valence-corrected chi connectivity index (χ1v) is 10.5. The van der Waals surface area contributed by atoms with Gasteiger partial charge in [-0.25, -0.2) is 25.5 Å². The van der Waals surface area contributed by atoms with Crippen molar-refractivity contribution in [2.24, 2.45) is 0 Å². The number of halogens is 1. The fraction of sp³-hybridized carbons (Fsp3) is 0.133. The van der Waals surface area contributed by atoms with Crippen molar-refractivity contribution >= 4 is 32.1 Å². The molecular weight excluding hydrogens is 387 g/mol. The first-order chi connectivity index (χ1) is 12.1. The van der Waals surface area contributed by atoms with Gasteiger partial charge in [-0.1, -0.05) is 0 Å². The van der Waals surface area contributed by atoms with E-state index >= 15 is 0 Å². The van der Waals surface area contributed by atoms with Crippen molar-refractivity contribution in [2.45, 2.75) is 11.4 Å². The van der Waals surface area contributed by atoms with Crippen molar-refractivity contribution in [2.75, 3.05) is 11.0 Å². The first-order valence-electron chi connectivity index (χ1n) is 7.15. The van der Waals surface area contributed by atoms with E-state index in [1.54, 1.807) is 0 Å². The van der Waals surface area contributed by atoms with Crippen LogP contribution in [0.1, 0.15) is 5.56 Å². The van der Waals surface area contributed by atoms with Crippen LogP contribution in [-0.4, -0.2) is 33.8 Å². The standard InChI is InChI=1S/C15H13FN2O6S2/c1-25(20,21)17-13-6-10-8-18(9-19)26(22,23)15(10)7-14(13)24-12-4-2-11(16)3-5-12/h2-7,9,17H,8H2,1H3. The summed E-state index contributed by atoms with van der Waals surface area (Å²) >= 11 is 0. The van der Waals surface area contributed by atoms with Gasteiger partial charge in [0.15, 0.2) is 5.75 Å². The van der Waals surface area contributed by atoms with Crippen LogP contribution in [0, 0.1) is 5.82 Å². The molecule has 26 heavy (non-hydrogen) atoms. The fourth-order valence-electron chi connectivity index (χ4n) is 2.44. The van der Waals surface area contributed by atoms with Crippen molar-refractivity contribution in [1.29, 1.82) is 0 Å². The van der Waals surface area contributed by atoms with Crippen LogP contribution in [-0.2, 0) is 31.4 Å². The lowest BCUT2D eigenvalue weighted by molar-refractivity contribution is -0.114. The SMILES string of the molecule is CS(=O)(=O)Nc1cc2c(cc1Oc1ccc(F)cc1)S(=O)(=O)N(C=O)C2. The number of ether oxygens (including phenoxy) is 1. The molecule has 1 amide bonds. The number of hydrogen-bond donors (Lipinski definition) is 1. The molecule has 0 spiro atoms. The second-order valence-corrected chi connectivity index (χ2v) is 9.15. The molecule has 1 N–H and O–H groups in total. The third-order valence-electron chi connectivity index (χ3n) is 3.53. The second kappa shape index (κ2) is 6.25. The van der Waals surface area contributed by atoms with Gasteiger partial charge in [0, 0.05) is 6.07 Å². The summed E-state index contributed by atoms with van der Waals surface area (Å²) in [4.78, 5) is 10.8. The number of carbonyl (C=O) groups is 1. The maximum absolute atomic E-state index is 13.0. The van der Waals surface area contributed by atoms with Gasteiger partial charge in [0.2, 0.25) is 16.4 Å². The summed E-state index contributed by atoms with van der Waals surface area (Å²) in [5, 5.41) is 0. The molecule has 0 unspecified atom stereocenters. The highest BCUT2D eigenvalue weighted by molar-refractivity contribution is 7.92. The van der Waals surface area contributed by atoms with E-state index in [0.717, 1.165) is 24.5 Å². The molecular formula is C15H13FN2O6S2. The zero-order valence-corrected chi connectivity index (χ0v) is 15.0. The average molecular weight is 400 g/mol. The largest absolute Gasteiger partial charge is 0.455 e. The minimum absolute atomic E-state index is 0.00137. The number of amides is 1. The Morgan fingerprint density at radius 2 is 1.88 bits per heavy atom. The Balaban J connectivity index is 2.12.